The van der Waals surface area contributed by atoms with Crippen molar-refractivity contribution in [2.45, 2.75) is 57.5 Å². The number of amides is 1. The Kier molecular flexibility index (Phi) is 7.91. The predicted octanol–water partition coefficient (Wildman–Crippen LogP) is 5.36. The number of nitrogens with zero attached hydrogens (tertiary/aromatic N) is 4. The molecule has 30 heavy (non-hydrogen) atoms. The molecule has 0 atom stereocenters. The first-order chi connectivity index (χ1) is 14.4. The molecule has 3 rings (SSSR count). The maximum absolute atomic E-state index is 13.1. The number of hydrogen-bond donors (Lipinski definition) is 0. The first-order valence-corrected chi connectivity index (χ1v) is 12.2. The maximum atomic E-state index is 13.1. The molecule has 2 aromatic heterocycles. The molecule has 0 aliphatic rings. The fraction of sp³-hybridized carbons (Fsp3) is 0.429. The Balaban J connectivity index is 1.88. The summed E-state index contributed by atoms with van der Waals surface area (Å²) in [5, 5.41) is 4.45. The highest BCUT2D eigenvalue weighted by molar-refractivity contribution is 7.98. The van der Waals surface area contributed by atoms with Crippen molar-refractivity contribution < 1.29 is 4.79 Å². The van der Waals surface area contributed by atoms with Gasteiger partial charge >= 0.3 is 0 Å². The second-order valence-electron chi connectivity index (χ2n) is 6.89. The van der Waals surface area contributed by atoms with Gasteiger partial charge < -0.3 is 0 Å². The highest BCUT2D eigenvalue weighted by atomic mass is 35.5. The molecule has 1 amide bonds. The minimum absolute atomic E-state index is 0.0242. The molecule has 2 heterocycles. The number of fused-ring (bicyclic) bond motifs is 1. The number of thioether (sulfide) groups is 1. The standard InChI is InChI=1S/C21H25ClN4O2S2/c1-4-6-7-10-26-19(28)17-9-8-15(22)11-18(17)24-21(26)30-13-16-12-29-20(23-16)25(5-2)14(3)27/h8-9,11-12H,4-7,10,13H2,1-3H3. The van der Waals surface area contributed by atoms with E-state index in [2.05, 4.69) is 11.9 Å². The summed E-state index contributed by atoms with van der Waals surface area (Å²) in [6, 6.07) is 5.19. The zero-order chi connectivity index (χ0) is 21.7. The van der Waals surface area contributed by atoms with E-state index in [1.807, 2.05) is 12.3 Å². The highest BCUT2D eigenvalue weighted by Crippen LogP contribution is 2.27. The third-order valence-corrected chi connectivity index (χ3v) is 6.84. The van der Waals surface area contributed by atoms with Crippen LogP contribution in [-0.4, -0.2) is 27.0 Å². The SMILES string of the molecule is CCCCCn1c(SCc2csc(N(CC)C(C)=O)n2)nc2cc(Cl)ccc2c1=O. The molecule has 0 bridgehead atoms. The number of benzene rings is 1. The number of halogens is 1. The summed E-state index contributed by atoms with van der Waals surface area (Å²) in [5.74, 6) is 0.544. The van der Waals surface area contributed by atoms with Crippen LogP contribution in [0.2, 0.25) is 5.02 Å². The van der Waals surface area contributed by atoms with Crippen LogP contribution in [0.1, 0.15) is 45.7 Å². The van der Waals surface area contributed by atoms with Crippen LogP contribution in [0.15, 0.2) is 33.5 Å². The van der Waals surface area contributed by atoms with E-state index in [4.69, 9.17) is 16.6 Å². The van der Waals surface area contributed by atoms with Crippen LogP contribution in [0, 0.1) is 0 Å². The van der Waals surface area contributed by atoms with Crippen LogP contribution in [0.25, 0.3) is 10.9 Å². The Morgan fingerprint density at radius 3 is 2.77 bits per heavy atom. The van der Waals surface area contributed by atoms with Gasteiger partial charge in [-0.05, 0) is 31.5 Å². The largest absolute Gasteiger partial charge is 0.289 e. The quantitative estimate of drug-likeness (QED) is 0.242. The predicted molar refractivity (Wildman–Crippen MR) is 126 cm³/mol. The Hall–Kier alpha value is -1.90. The molecular weight excluding hydrogens is 440 g/mol. The molecule has 0 aliphatic heterocycles. The number of carbonyl (C=O) groups excluding carboxylic acids is 1. The average molecular weight is 465 g/mol. The fourth-order valence-electron chi connectivity index (χ4n) is 3.12. The molecule has 0 fully saturated rings. The minimum atomic E-state index is -0.0389. The van der Waals surface area contributed by atoms with Crippen LogP contribution in [0.5, 0.6) is 0 Å². The molecule has 0 N–H and O–H groups in total. The van der Waals surface area contributed by atoms with Gasteiger partial charge in [0.15, 0.2) is 10.3 Å². The minimum Gasteiger partial charge on any atom is -0.289 e. The summed E-state index contributed by atoms with van der Waals surface area (Å²) in [4.78, 5) is 35.8. The Morgan fingerprint density at radius 1 is 1.27 bits per heavy atom. The van der Waals surface area contributed by atoms with Gasteiger partial charge in [-0.1, -0.05) is 43.1 Å². The molecule has 0 saturated carbocycles. The van der Waals surface area contributed by atoms with E-state index >= 15 is 0 Å². The van der Waals surface area contributed by atoms with E-state index in [0.29, 0.717) is 45.1 Å². The van der Waals surface area contributed by atoms with Gasteiger partial charge in [-0.25, -0.2) is 9.97 Å². The van der Waals surface area contributed by atoms with Gasteiger partial charge in [0.1, 0.15) is 0 Å². The van der Waals surface area contributed by atoms with E-state index in [0.717, 1.165) is 25.0 Å². The van der Waals surface area contributed by atoms with E-state index in [1.165, 1.54) is 23.1 Å². The Labute approximate surface area is 189 Å². The normalized spacial score (nSPS) is 11.2. The van der Waals surface area contributed by atoms with Gasteiger partial charge in [0.2, 0.25) is 5.91 Å². The molecule has 0 saturated heterocycles. The topological polar surface area (TPSA) is 68.1 Å². The summed E-state index contributed by atoms with van der Waals surface area (Å²) >= 11 is 9.05. The lowest BCUT2D eigenvalue weighted by Gasteiger charge is -2.14. The lowest BCUT2D eigenvalue weighted by atomic mass is 10.2. The van der Waals surface area contributed by atoms with Crippen molar-refractivity contribution in [3.63, 3.8) is 0 Å². The third-order valence-electron chi connectivity index (χ3n) is 4.68. The molecule has 1 aromatic carbocycles. The second kappa shape index (κ2) is 10.4. The van der Waals surface area contributed by atoms with Gasteiger partial charge in [0, 0.05) is 36.2 Å². The van der Waals surface area contributed by atoms with E-state index in [-0.39, 0.29) is 11.5 Å². The number of unbranched alkanes of at least 4 members (excludes halogenated alkanes) is 2. The van der Waals surface area contributed by atoms with Crippen LogP contribution in [0.4, 0.5) is 5.13 Å². The molecule has 9 heteroatoms. The molecule has 0 unspecified atom stereocenters. The number of thiazole rings is 1. The third kappa shape index (κ3) is 5.22. The van der Waals surface area contributed by atoms with Crippen LogP contribution >= 0.6 is 34.7 Å². The summed E-state index contributed by atoms with van der Waals surface area (Å²) in [6.07, 6.45) is 3.07. The van der Waals surface area contributed by atoms with Gasteiger partial charge in [0.05, 0.1) is 16.6 Å². The van der Waals surface area contributed by atoms with Crippen molar-refractivity contribution in [1.82, 2.24) is 14.5 Å². The van der Waals surface area contributed by atoms with Gasteiger partial charge in [-0.3, -0.25) is 19.1 Å². The molecule has 3 aromatic rings. The number of carbonyl (C=O) groups is 1. The van der Waals surface area contributed by atoms with Crippen molar-refractivity contribution >= 4 is 56.6 Å². The monoisotopic (exact) mass is 464 g/mol. The number of rotatable bonds is 9. The molecule has 0 aliphatic carbocycles. The van der Waals surface area contributed by atoms with Crippen molar-refractivity contribution in [3.8, 4) is 0 Å². The smallest absolute Gasteiger partial charge is 0.262 e. The van der Waals surface area contributed by atoms with Crippen molar-refractivity contribution in [1.29, 1.82) is 0 Å². The summed E-state index contributed by atoms with van der Waals surface area (Å²) in [7, 11) is 0. The first kappa shape index (κ1) is 22.8. The highest BCUT2D eigenvalue weighted by Gasteiger charge is 2.16. The number of aromatic nitrogens is 3. The summed E-state index contributed by atoms with van der Waals surface area (Å²) < 4.78 is 1.76. The lowest BCUT2D eigenvalue weighted by Crippen LogP contribution is -2.27. The van der Waals surface area contributed by atoms with Gasteiger partial charge in [-0.2, -0.15) is 0 Å². The van der Waals surface area contributed by atoms with Gasteiger partial charge in [-0.15, -0.1) is 11.3 Å². The average Bonchev–Trinajstić information content (AvgIpc) is 3.17. The zero-order valence-corrected chi connectivity index (χ0v) is 19.7. The van der Waals surface area contributed by atoms with E-state index in [1.54, 1.807) is 34.6 Å². The summed E-state index contributed by atoms with van der Waals surface area (Å²) in [6.45, 7) is 6.82. The summed E-state index contributed by atoms with van der Waals surface area (Å²) in [5.41, 5.74) is 1.43. The van der Waals surface area contributed by atoms with Crippen molar-refractivity contribution in [3.05, 3.63) is 44.6 Å². The maximum Gasteiger partial charge on any atom is 0.262 e. The molecule has 0 spiro atoms. The van der Waals surface area contributed by atoms with Crippen molar-refractivity contribution in [2.75, 3.05) is 11.4 Å². The molecule has 0 radical (unpaired) electrons. The second-order valence-corrected chi connectivity index (χ2v) is 9.11. The Bertz CT molecular complexity index is 1100. The number of hydrogen-bond acceptors (Lipinski definition) is 6. The van der Waals surface area contributed by atoms with Crippen LogP contribution < -0.4 is 10.5 Å². The lowest BCUT2D eigenvalue weighted by molar-refractivity contribution is -0.116. The van der Waals surface area contributed by atoms with Crippen LogP contribution in [-0.2, 0) is 17.1 Å². The van der Waals surface area contributed by atoms with Crippen molar-refractivity contribution in [2.24, 2.45) is 0 Å². The van der Waals surface area contributed by atoms with E-state index in [9.17, 15) is 9.59 Å². The molecular formula is C21H25ClN4O2S2. The zero-order valence-electron chi connectivity index (χ0n) is 17.4. The fourth-order valence-corrected chi connectivity index (χ4v) is 5.24. The first-order valence-electron chi connectivity index (χ1n) is 10.00. The van der Waals surface area contributed by atoms with Gasteiger partial charge in [0.25, 0.3) is 5.56 Å². The molecule has 160 valence electrons. The number of anilines is 1. The molecule has 6 nitrogen and oxygen atoms in total. The van der Waals surface area contributed by atoms with E-state index < -0.39 is 0 Å². The Morgan fingerprint density at radius 2 is 2.07 bits per heavy atom. The van der Waals surface area contributed by atoms with Crippen LogP contribution in [0.3, 0.4) is 0 Å².